The van der Waals surface area contributed by atoms with Crippen LogP contribution in [0.1, 0.15) is 37.3 Å². The smallest absolute Gasteiger partial charge is 0.305 e. The van der Waals surface area contributed by atoms with Crippen LogP contribution in [0.5, 0.6) is 0 Å². The zero-order valence-electron chi connectivity index (χ0n) is 12.4. The molecule has 1 fully saturated rings. The van der Waals surface area contributed by atoms with Crippen LogP contribution in [-0.4, -0.2) is 36.4 Å². The molecule has 0 saturated carbocycles. The van der Waals surface area contributed by atoms with Gasteiger partial charge in [0.2, 0.25) is 5.91 Å². The second-order valence-corrected chi connectivity index (χ2v) is 8.30. The van der Waals surface area contributed by atoms with Crippen molar-refractivity contribution in [3.63, 3.8) is 0 Å². The van der Waals surface area contributed by atoms with Gasteiger partial charge in [-0.25, -0.2) is 8.42 Å². The van der Waals surface area contributed by atoms with Crippen LogP contribution in [0.2, 0.25) is 5.02 Å². The van der Waals surface area contributed by atoms with E-state index < -0.39 is 33.0 Å². The number of carboxylic acids is 1. The van der Waals surface area contributed by atoms with E-state index >= 15 is 0 Å². The number of benzene rings is 1. The van der Waals surface area contributed by atoms with Crippen molar-refractivity contribution in [1.29, 1.82) is 0 Å². The molecule has 1 amide bonds. The van der Waals surface area contributed by atoms with E-state index in [-0.39, 0.29) is 18.6 Å². The van der Waals surface area contributed by atoms with Gasteiger partial charge in [0.25, 0.3) is 0 Å². The van der Waals surface area contributed by atoms with Gasteiger partial charge in [0.05, 0.1) is 18.2 Å². The summed E-state index contributed by atoms with van der Waals surface area (Å²) in [4.78, 5) is 23.4. The zero-order valence-corrected chi connectivity index (χ0v) is 13.9. The molecule has 1 aromatic carbocycles. The molecule has 2 N–H and O–H groups in total. The Labute approximate surface area is 139 Å². The average Bonchev–Trinajstić information content (AvgIpc) is 2.46. The molecule has 1 aliphatic rings. The summed E-state index contributed by atoms with van der Waals surface area (Å²) in [5.41, 5.74) is 0.568. The number of rotatable bonds is 5. The molecule has 6 nitrogen and oxygen atoms in total. The highest BCUT2D eigenvalue weighted by Crippen LogP contribution is 2.23. The van der Waals surface area contributed by atoms with E-state index in [4.69, 9.17) is 16.7 Å². The average molecular weight is 360 g/mol. The van der Waals surface area contributed by atoms with E-state index in [1.165, 1.54) is 0 Å². The maximum absolute atomic E-state index is 12.3. The van der Waals surface area contributed by atoms with E-state index in [1.807, 2.05) is 0 Å². The molecule has 1 saturated heterocycles. The lowest BCUT2D eigenvalue weighted by Gasteiger charge is -2.24. The minimum atomic E-state index is -3.47. The maximum atomic E-state index is 12.3. The van der Waals surface area contributed by atoms with Crippen LogP contribution in [0.4, 0.5) is 0 Å². The number of sulfone groups is 1. The highest BCUT2D eigenvalue weighted by atomic mass is 35.5. The van der Waals surface area contributed by atoms with Gasteiger partial charge in [-0.2, -0.15) is 0 Å². The summed E-state index contributed by atoms with van der Waals surface area (Å²) >= 11 is 5.80. The fourth-order valence-corrected chi connectivity index (χ4v) is 4.57. The van der Waals surface area contributed by atoms with Gasteiger partial charge >= 0.3 is 5.97 Å². The third kappa shape index (κ3) is 4.68. The minimum absolute atomic E-state index is 0.00434. The normalized spacial score (nSPS) is 21.3. The summed E-state index contributed by atoms with van der Waals surface area (Å²) in [7, 11) is -3.47. The van der Waals surface area contributed by atoms with Crippen LogP contribution in [0, 0.1) is 0 Å². The first-order chi connectivity index (χ1) is 10.8. The molecule has 1 aliphatic heterocycles. The molecule has 0 aliphatic carbocycles. The Bertz CT molecular complexity index is 686. The number of carboxylic acid groups (broad SMARTS) is 1. The number of aliphatic carboxylic acids is 1. The Kier molecular flexibility index (Phi) is 5.64. The molecule has 8 heteroatoms. The largest absolute Gasteiger partial charge is 0.481 e. The molecule has 0 radical (unpaired) electrons. The zero-order chi connectivity index (χ0) is 17.0. The first-order valence-corrected chi connectivity index (χ1v) is 9.38. The van der Waals surface area contributed by atoms with Crippen molar-refractivity contribution in [3.05, 3.63) is 34.9 Å². The molecule has 0 spiro atoms. The van der Waals surface area contributed by atoms with Crippen LogP contribution in [-0.2, 0) is 19.4 Å². The van der Waals surface area contributed by atoms with Crippen molar-refractivity contribution in [3.8, 4) is 0 Å². The lowest BCUT2D eigenvalue weighted by molar-refractivity contribution is -0.137. The molecular formula is C15H18ClNO5S. The number of carbonyl (C=O) groups excluding carboxylic acids is 1. The van der Waals surface area contributed by atoms with Crippen molar-refractivity contribution < 1.29 is 23.1 Å². The Morgan fingerprint density at radius 3 is 2.48 bits per heavy atom. The summed E-state index contributed by atoms with van der Waals surface area (Å²) < 4.78 is 24.0. The SMILES string of the molecule is O=C(O)C[C@H](NC(=O)C1CCCCS1(=O)=O)c1ccc(Cl)cc1. The first kappa shape index (κ1) is 17.7. The molecule has 1 aromatic rings. The van der Waals surface area contributed by atoms with E-state index in [2.05, 4.69) is 5.32 Å². The van der Waals surface area contributed by atoms with Gasteiger partial charge < -0.3 is 10.4 Å². The van der Waals surface area contributed by atoms with Crippen molar-refractivity contribution in [2.45, 2.75) is 37.0 Å². The third-order valence-corrected chi connectivity index (χ3v) is 6.27. The minimum Gasteiger partial charge on any atom is -0.481 e. The molecule has 0 aromatic heterocycles. The Balaban J connectivity index is 2.18. The molecule has 1 unspecified atom stereocenters. The Morgan fingerprint density at radius 2 is 1.91 bits per heavy atom. The molecule has 0 bridgehead atoms. The number of halogens is 1. The molecular weight excluding hydrogens is 342 g/mol. The summed E-state index contributed by atoms with van der Waals surface area (Å²) in [5.74, 6) is -1.72. The van der Waals surface area contributed by atoms with Crippen molar-refractivity contribution in [2.75, 3.05) is 5.75 Å². The van der Waals surface area contributed by atoms with Gasteiger partial charge in [0.1, 0.15) is 5.25 Å². The summed E-state index contributed by atoms with van der Waals surface area (Å²) in [6, 6.07) is 5.62. The second-order valence-electron chi connectivity index (χ2n) is 5.56. The van der Waals surface area contributed by atoms with Gasteiger partial charge in [-0.05, 0) is 30.5 Å². The third-order valence-electron chi connectivity index (χ3n) is 3.84. The van der Waals surface area contributed by atoms with Gasteiger partial charge in [-0.15, -0.1) is 0 Å². The quantitative estimate of drug-likeness (QED) is 0.836. The lowest BCUT2D eigenvalue weighted by atomic mass is 10.0. The molecule has 126 valence electrons. The highest BCUT2D eigenvalue weighted by Gasteiger charge is 2.36. The maximum Gasteiger partial charge on any atom is 0.305 e. The second kappa shape index (κ2) is 7.31. The monoisotopic (exact) mass is 359 g/mol. The standard InChI is InChI=1S/C15H18ClNO5S/c16-11-6-4-10(5-7-11)12(9-14(18)19)17-15(20)13-3-1-2-8-23(13,21)22/h4-7,12-13H,1-3,8-9H2,(H,17,20)(H,18,19)/t12-,13?/m0/s1. The van der Waals surface area contributed by atoms with Crippen LogP contribution >= 0.6 is 11.6 Å². The number of hydrogen-bond donors (Lipinski definition) is 2. The topological polar surface area (TPSA) is 101 Å². The first-order valence-electron chi connectivity index (χ1n) is 7.29. The van der Waals surface area contributed by atoms with Crippen LogP contribution in [0.15, 0.2) is 24.3 Å². The van der Waals surface area contributed by atoms with Crippen LogP contribution in [0.3, 0.4) is 0 Å². The number of carbonyl (C=O) groups is 2. The van der Waals surface area contributed by atoms with Gasteiger partial charge in [-0.3, -0.25) is 9.59 Å². The summed E-state index contributed by atoms with van der Waals surface area (Å²) in [6.07, 6.45) is 1.17. The summed E-state index contributed by atoms with van der Waals surface area (Å²) in [5, 5.41) is 11.0. The van der Waals surface area contributed by atoms with Crippen molar-refractivity contribution in [2.24, 2.45) is 0 Å². The van der Waals surface area contributed by atoms with Crippen molar-refractivity contribution in [1.82, 2.24) is 5.32 Å². The van der Waals surface area contributed by atoms with E-state index in [9.17, 15) is 18.0 Å². The Morgan fingerprint density at radius 1 is 1.26 bits per heavy atom. The molecule has 2 atom stereocenters. The lowest BCUT2D eigenvalue weighted by Crippen LogP contribution is -2.44. The molecule has 2 rings (SSSR count). The van der Waals surface area contributed by atoms with Gasteiger partial charge in [0, 0.05) is 5.02 Å². The van der Waals surface area contributed by atoms with E-state index in [1.54, 1.807) is 24.3 Å². The van der Waals surface area contributed by atoms with Crippen molar-refractivity contribution >= 4 is 33.3 Å². The summed E-state index contributed by atoms with van der Waals surface area (Å²) in [6.45, 7) is 0. The molecule has 23 heavy (non-hydrogen) atoms. The number of hydrogen-bond acceptors (Lipinski definition) is 4. The van der Waals surface area contributed by atoms with Crippen LogP contribution < -0.4 is 5.32 Å². The predicted octanol–water partition coefficient (Wildman–Crippen LogP) is 1.94. The number of amides is 1. The van der Waals surface area contributed by atoms with Gasteiger partial charge in [-0.1, -0.05) is 30.2 Å². The van der Waals surface area contributed by atoms with Gasteiger partial charge in [0.15, 0.2) is 9.84 Å². The fourth-order valence-electron chi connectivity index (χ4n) is 2.64. The fraction of sp³-hybridized carbons (Fsp3) is 0.467. The van der Waals surface area contributed by atoms with E-state index in [0.717, 1.165) is 0 Å². The molecule has 1 heterocycles. The number of nitrogens with one attached hydrogen (secondary N) is 1. The van der Waals surface area contributed by atoms with Crippen LogP contribution in [0.25, 0.3) is 0 Å². The highest BCUT2D eigenvalue weighted by molar-refractivity contribution is 7.92. The van der Waals surface area contributed by atoms with E-state index in [0.29, 0.717) is 23.4 Å². The predicted molar refractivity (Wildman–Crippen MR) is 86.0 cm³/mol. The Hall–Kier alpha value is -1.60.